The van der Waals surface area contributed by atoms with Crippen molar-refractivity contribution in [3.05, 3.63) is 35.5 Å². The normalized spacial score (nSPS) is 14.3. The monoisotopic (exact) mass is 302 g/mol. The van der Waals surface area contributed by atoms with Crippen LogP contribution in [-0.4, -0.2) is 34.4 Å². The maximum atomic E-state index is 9.37. The van der Waals surface area contributed by atoms with Gasteiger partial charge in [-0.1, -0.05) is 11.8 Å². The van der Waals surface area contributed by atoms with Crippen molar-refractivity contribution in [3.8, 4) is 5.75 Å². The Bertz CT molecular complexity index is 630. The van der Waals surface area contributed by atoms with Crippen LogP contribution in [-0.2, 0) is 12.8 Å². The number of nitrogens with one attached hydrogen (secondary N) is 2. The van der Waals surface area contributed by atoms with Gasteiger partial charge in [-0.3, -0.25) is 0 Å². The third-order valence-electron chi connectivity index (χ3n) is 3.48. The lowest BCUT2D eigenvalue weighted by Crippen LogP contribution is -2.16. The quantitative estimate of drug-likeness (QED) is 0.459. The summed E-state index contributed by atoms with van der Waals surface area (Å²) in [6.07, 6.45) is 3.83. The van der Waals surface area contributed by atoms with E-state index in [2.05, 4.69) is 20.6 Å². The molecule has 0 amide bonds. The van der Waals surface area contributed by atoms with E-state index in [1.54, 1.807) is 23.9 Å². The van der Waals surface area contributed by atoms with Gasteiger partial charge in [0.1, 0.15) is 11.6 Å². The predicted molar refractivity (Wildman–Crippen MR) is 85.5 cm³/mol. The number of phenolic OH excluding ortho intramolecular Hbond substituents is 1. The molecule has 0 saturated carbocycles. The Morgan fingerprint density at radius 1 is 1.14 bits per heavy atom. The van der Waals surface area contributed by atoms with Gasteiger partial charge in [-0.05, 0) is 43.5 Å². The van der Waals surface area contributed by atoms with Crippen LogP contribution in [0.4, 0.5) is 11.5 Å². The molecule has 1 aliphatic heterocycles. The molecule has 0 spiro atoms. The molecule has 0 unspecified atom stereocenters. The van der Waals surface area contributed by atoms with Crippen LogP contribution >= 0.6 is 11.8 Å². The molecule has 0 fully saturated rings. The second-order valence-electron chi connectivity index (χ2n) is 4.91. The highest BCUT2D eigenvalue weighted by Gasteiger charge is 2.16. The number of nitrogens with zero attached hydrogens (tertiary/aromatic N) is 2. The summed E-state index contributed by atoms with van der Waals surface area (Å²) in [5.41, 5.74) is 3.23. The summed E-state index contributed by atoms with van der Waals surface area (Å²) < 4.78 is 0. The molecule has 21 heavy (non-hydrogen) atoms. The fraction of sp³-hybridized carbons (Fsp3) is 0.333. The SMILES string of the molecule is CSc1nc2c(c(Nc3ccc(O)cc3)n1)CCNCC2. The van der Waals surface area contributed by atoms with Crippen molar-refractivity contribution in [2.24, 2.45) is 0 Å². The van der Waals surface area contributed by atoms with E-state index >= 15 is 0 Å². The van der Waals surface area contributed by atoms with E-state index in [4.69, 9.17) is 0 Å². The van der Waals surface area contributed by atoms with Crippen LogP contribution in [0.5, 0.6) is 5.75 Å². The smallest absolute Gasteiger partial charge is 0.189 e. The van der Waals surface area contributed by atoms with Crippen LogP contribution in [0.2, 0.25) is 0 Å². The van der Waals surface area contributed by atoms with Crippen molar-refractivity contribution in [2.45, 2.75) is 18.0 Å². The lowest BCUT2D eigenvalue weighted by Gasteiger charge is -2.14. The number of rotatable bonds is 3. The van der Waals surface area contributed by atoms with Gasteiger partial charge in [0.25, 0.3) is 0 Å². The third-order valence-corrected chi connectivity index (χ3v) is 4.02. The van der Waals surface area contributed by atoms with Gasteiger partial charge in [-0.25, -0.2) is 9.97 Å². The molecule has 0 saturated heterocycles. The lowest BCUT2D eigenvalue weighted by atomic mass is 10.1. The Morgan fingerprint density at radius 3 is 2.67 bits per heavy atom. The van der Waals surface area contributed by atoms with E-state index in [9.17, 15) is 5.11 Å². The van der Waals surface area contributed by atoms with Gasteiger partial charge >= 0.3 is 0 Å². The number of anilines is 2. The summed E-state index contributed by atoms with van der Waals surface area (Å²) in [4.78, 5) is 9.25. The first kappa shape index (κ1) is 14.2. The molecule has 0 atom stereocenters. The van der Waals surface area contributed by atoms with E-state index in [1.165, 1.54) is 5.56 Å². The Balaban J connectivity index is 1.97. The standard InChI is InChI=1S/C15H18N4OS/c1-21-15-18-13-7-9-16-8-6-12(13)14(19-15)17-10-2-4-11(20)5-3-10/h2-5,16,20H,6-9H2,1H3,(H,17,18,19). The average Bonchev–Trinajstić information content (AvgIpc) is 2.75. The molecule has 0 radical (unpaired) electrons. The van der Waals surface area contributed by atoms with E-state index in [0.717, 1.165) is 48.3 Å². The molecule has 1 aromatic carbocycles. The number of fused-ring (bicyclic) bond motifs is 1. The van der Waals surface area contributed by atoms with Crippen molar-refractivity contribution in [1.29, 1.82) is 0 Å². The zero-order chi connectivity index (χ0) is 14.7. The maximum absolute atomic E-state index is 9.37. The highest BCUT2D eigenvalue weighted by atomic mass is 32.2. The van der Waals surface area contributed by atoms with Crippen molar-refractivity contribution < 1.29 is 5.11 Å². The zero-order valence-corrected chi connectivity index (χ0v) is 12.7. The summed E-state index contributed by atoms with van der Waals surface area (Å²) in [6.45, 7) is 1.90. The second kappa shape index (κ2) is 6.32. The Morgan fingerprint density at radius 2 is 1.90 bits per heavy atom. The first-order chi connectivity index (χ1) is 10.3. The van der Waals surface area contributed by atoms with E-state index < -0.39 is 0 Å². The molecular formula is C15H18N4OS. The number of phenols is 1. The number of hydrogen-bond donors (Lipinski definition) is 3. The highest BCUT2D eigenvalue weighted by Crippen LogP contribution is 2.26. The molecule has 1 aliphatic rings. The summed E-state index contributed by atoms with van der Waals surface area (Å²) in [7, 11) is 0. The fourth-order valence-corrected chi connectivity index (χ4v) is 2.78. The van der Waals surface area contributed by atoms with Crippen LogP contribution in [0, 0.1) is 0 Å². The van der Waals surface area contributed by atoms with Gasteiger partial charge < -0.3 is 15.7 Å². The summed E-state index contributed by atoms with van der Waals surface area (Å²) in [5.74, 6) is 1.13. The van der Waals surface area contributed by atoms with Gasteiger partial charge in [0.2, 0.25) is 0 Å². The van der Waals surface area contributed by atoms with Gasteiger partial charge in [0.15, 0.2) is 5.16 Å². The first-order valence-corrected chi connectivity index (χ1v) is 8.19. The number of thioether (sulfide) groups is 1. The molecule has 2 heterocycles. The predicted octanol–water partition coefficient (Wildman–Crippen LogP) is 2.34. The molecule has 0 bridgehead atoms. The molecule has 110 valence electrons. The van der Waals surface area contributed by atoms with Crippen LogP contribution in [0.25, 0.3) is 0 Å². The summed E-state index contributed by atoms with van der Waals surface area (Å²) in [6, 6.07) is 7.02. The molecule has 1 aromatic heterocycles. The van der Waals surface area contributed by atoms with E-state index in [-0.39, 0.29) is 5.75 Å². The second-order valence-corrected chi connectivity index (χ2v) is 5.68. The van der Waals surface area contributed by atoms with E-state index in [1.807, 2.05) is 18.4 Å². The maximum Gasteiger partial charge on any atom is 0.189 e. The average molecular weight is 302 g/mol. The van der Waals surface area contributed by atoms with Crippen LogP contribution < -0.4 is 10.6 Å². The minimum Gasteiger partial charge on any atom is -0.508 e. The molecule has 0 aliphatic carbocycles. The molecular weight excluding hydrogens is 284 g/mol. The fourth-order valence-electron chi connectivity index (χ4n) is 2.40. The van der Waals surface area contributed by atoms with Crippen molar-refractivity contribution in [2.75, 3.05) is 24.7 Å². The lowest BCUT2D eigenvalue weighted by molar-refractivity contribution is 0.475. The molecule has 6 heteroatoms. The van der Waals surface area contributed by atoms with Crippen molar-refractivity contribution in [3.63, 3.8) is 0 Å². The first-order valence-electron chi connectivity index (χ1n) is 6.97. The van der Waals surface area contributed by atoms with Crippen LogP contribution in [0.3, 0.4) is 0 Å². The number of hydrogen-bond acceptors (Lipinski definition) is 6. The van der Waals surface area contributed by atoms with Gasteiger partial charge in [0.05, 0.1) is 5.69 Å². The largest absolute Gasteiger partial charge is 0.508 e. The van der Waals surface area contributed by atoms with Crippen LogP contribution in [0.15, 0.2) is 29.4 Å². The summed E-state index contributed by atoms with van der Waals surface area (Å²) in [5, 5.41) is 16.9. The third kappa shape index (κ3) is 3.28. The van der Waals surface area contributed by atoms with Crippen molar-refractivity contribution >= 4 is 23.3 Å². The van der Waals surface area contributed by atoms with Crippen LogP contribution in [0.1, 0.15) is 11.3 Å². The number of aromatic hydroxyl groups is 1. The minimum absolute atomic E-state index is 0.260. The minimum atomic E-state index is 0.260. The Labute approximate surface area is 128 Å². The van der Waals surface area contributed by atoms with Crippen molar-refractivity contribution in [1.82, 2.24) is 15.3 Å². The topological polar surface area (TPSA) is 70.1 Å². The van der Waals surface area contributed by atoms with Gasteiger partial charge in [-0.2, -0.15) is 0 Å². The Kier molecular flexibility index (Phi) is 4.26. The van der Waals surface area contributed by atoms with Gasteiger partial charge in [0, 0.05) is 24.2 Å². The van der Waals surface area contributed by atoms with Gasteiger partial charge in [-0.15, -0.1) is 0 Å². The summed E-state index contributed by atoms with van der Waals surface area (Å²) >= 11 is 1.55. The number of benzene rings is 1. The molecule has 3 N–H and O–H groups in total. The molecule has 3 rings (SSSR count). The molecule has 5 nitrogen and oxygen atoms in total. The Hall–Kier alpha value is -1.79. The highest BCUT2D eigenvalue weighted by molar-refractivity contribution is 7.98. The molecule has 2 aromatic rings. The van der Waals surface area contributed by atoms with E-state index in [0.29, 0.717) is 0 Å². The number of aromatic nitrogens is 2. The zero-order valence-electron chi connectivity index (χ0n) is 11.9.